The molecule has 0 radical (unpaired) electrons. The Morgan fingerprint density at radius 2 is 1.36 bits per heavy atom. The van der Waals surface area contributed by atoms with Crippen LogP contribution in [-0.2, 0) is 39.9 Å². The van der Waals surface area contributed by atoms with Crippen molar-refractivity contribution in [3.8, 4) is 0 Å². The Hall–Kier alpha value is -3.71. The molecule has 0 unspecified atom stereocenters. The van der Waals surface area contributed by atoms with Crippen molar-refractivity contribution in [2.75, 3.05) is 0 Å². The molecular weight excluding hydrogens is 470 g/mol. The fourth-order valence-corrected chi connectivity index (χ4v) is 5.66. The second-order valence-corrected chi connectivity index (χ2v) is 11.0. The standard InChI is InChI=1S/C29H31N3O3S/c1-23(2)31(28(33)18-24-12-6-3-7-13-24)21-27-19-30-29(32(27)20-25-14-8-4-9-15-25)36(34,35)22-26-16-10-5-11-17-26/h3-17,19,23H,18,20-22H2,1-2H3. The summed E-state index contributed by atoms with van der Waals surface area (Å²) in [6.07, 6.45) is 1.87. The maximum atomic E-state index is 13.5. The van der Waals surface area contributed by atoms with Crippen LogP contribution in [0, 0.1) is 0 Å². The maximum Gasteiger partial charge on any atom is 0.228 e. The van der Waals surface area contributed by atoms with Gasteiger partial charge in [-0.25, -0.2) is 13.4 Å². The number of rotatable bonds is 10. The molecule has 0 spiro atoms. The quantitative estimate of drug-likeness (QED) is 0.310. The van der Waals surface area contributed by atoms with Gasteiger partial charge < -0.3 is 9.47 Å². The molecule has 1 amide bonds. The van der Waals surface area contributed by atoms with E-state index in [1.54, 1.807) is 27.8 Å². The zero-order valence-electron chi connectivity index (χ0n) is 20.6. The number of nitrogens with zero attached hydrogens (tertiary/aromatic N) is 3. The molecule has 0 saturated carbocycles. The Morgan fingerprint density at radius 1 is 0.833 bits per heavy atom. The van der Waals surface area contributed by atoms with Crippen LogP contribution in [0.2, 0.25) is 0 Å². The SMILES string of the molecule is CC(C)N(Cc1cnc(S(=O)(=O)Cc2ccccc2)n1Cc1ccccc1)C(=O)Cc1ccccc1. The number of amides is 1. The van der Waals surface area contributed by atoms with Crippen LogP contribution in [0.25, 0.3) is 0 Å². The molecule has 0 fully saturated rings. The second kappa shape index (κ2) is 11.4. The fraction of sp³-hybridized carbons (Fsp3) is 0.241. The molecule has 4 rings (SSSR count). The lowest BCUT2D eigenvalue weighted by molar-refractivity contribution is -0.132. The normalized spacial score (nSPS) is 11.5. The molecule has 0 bridgehead atoms. The molecule has 1 heterocycles. The van der Waals surface area contributed by atoms with Gasteiger partial charge in [0.05, 0.1) is 37.2 Å². The van der Waals surface area contributed by atoms with E-state index in [1.165, 1.54) is 0 Å². The Balaban J connectivity index is 1.67. The molecule has 0 aliphatic carbocycles. The highest BCUT2D eigenvalue weighted by Gasteiger charge is 2.26. The van der Waals surface area contributed by atoms with E-state index < -0.39 is 9.84 Å². The summed E-state index contributed by atoms with van der Waals surface area (Å²) < 4.78 is 28.6. The fourth-order valence-electron chi connectivity index (χ4n) is 4.16. The first-order chi connectivity index (χ1) is 17.3. The van der Waals surface area contributed by atoms with Gasteiger partial charge in [0.1, 0.15) is 0 Å². The van der Waals surface area contributed by atoms with Gasteiger partial charge in [0.15, 0.2) is 0 Å². The number of sulfone groups is 1. The van der Waals surface area contributed by atoms with E-state index in [2.05, 4.69) is 4.98 Å². The summed E-state index contributed by atoms with van der Waals surface area (Å²) in [7, 11) is -3.72. The van der Waals surface area contributed by atoms with Gasteiger partial charge in [-0.15, -0.1) is 0 Å². The number of hydrogen-bond acceptors (Lipinski definition) is 4. The Bertz CT molecular complexity index is 1380. The van der Waals surface area contributed by atoms with E-state index in [4.69, 9.17) is 0 Å². The lowest BCUT2D eigenvalue weighted by atomic mass is 10.1. The van der Waals surface area contributed by atoms with Crippen molar-refractivity contribution in [1.82, 2.24) is 14.5 Å². The number of carbonyl (C=O) groups excluding carboxylic acids is 1. The summed E-state index contributed by atoms with van der Waals surface area (Å²) in [6.45, 7) is 4.55. The minimum Gasteiger partial charge on any atom is -0.334 e. The average molecular weight is 502 g/mol. The van der Waals surface area contributed by atoms with Crippen molar-refractivity contribution in [2.24, 2.45) is 0 Å². The van der Waals surface area contributed by atoms with Crippen LogP contribution in [0.3, 0.4) is 0 Å². The molecule has 4 aromatic rings. The first-order valence-electron chi connectivity index (χ1n) is 12.0. The average Bonchev–Trinajstić information content (AvgIpc) is 3.27. The largest absolute Gasteiger partial charge is 0.334 e. The van der Waals surface area contributed by atoms with Gasteiger partial charge in [-0.1, -0.05) is 91.0 Å². The molecular formula is C29H31N3O3S. The van der Waals surface area contributed by atoms with Gasteiger partial charge >= 0.3 is 0 Å². The molecule has 7 heteroatoms. The van der Waals surface area contributed by atoms with Crippen LogP contribution in [0.5, 0.6) is 0 Å². The van der Waals surface area contributed by atoms with Crippen LogP contribution in [0.4, 0.5) is 0 Å². The molecule has 6 nitrogen and oxygen atoms in total. The molecule has 186 valence electrons. The highest BCUT2D eigenvalue weighted by Crippen LogP contribution is 2.21. The summed E-state index contributed by atoms with van der Waals surface area (Å²) in [5, 5.41) is 0.0180. The number of benzene rings is 3. The predicted octanol–water partition coefficient (Wildman–Crippen LogP) is 4.89. The molecule has 0 saturated heterocycles. The summed E-state index contributed by atoms with van der Waals surface area (Å²) in [4.78, 5) is 19.4. The van der Waals surface area contributed by atoms with Crippen LogP contribution in [-0.4, -0.2) is 34.8 Å². The first-order valence-corrected chi connectivity index (χ1v) is 13.7. The predicted molar refractivity (Wildman–Crippen MR) is 141 cm³/mol. The highest BCUT2D eigenvalue weighted by molar-refractivity contribution is 7.90. The number of imidazole rings is 1. The van der Waals surface area contributed by atoms with Crippen molar-refractivity contribution < 1.29 is 13.2 Å². The molecule has 3 aromatic carbocycles. The van der Waals surface area contributed by atoms with Crippen molar-refractivity contribution in [3.05, 3.63) is 120 Å². The highest BCUT2D eigenvalue weighted by atomic mass is 32.2. The van der Waals surface area contributed by atoms with E-state index in [-0.39, 0.29) is 35.8 Å². The summed E-state index contributed by atoms with van der Waals surface area (Å²) in [5.41, 5.74) is 3.28. The van der Waals surface area contributed by atoms with E-state index in [1.807, 2.05) is 92.7 Å². The van der Waals surface area contributed by atoms with Crippen molar-refractivity contribution in [3.63, 3.8) is 0 Å². The smallest absolute Gasteiger partial charge is 0.228 e. The third kappa shape index (κ3) is 6.29. The molecule has 0 atom stereocenters. The summed E-state index contributed by atoms with van der Waals surface area (Å²) in [5.74, 6) is -0.155. The van der Waals surface area contributed by atoms with Gasteiger partial charge in [0, 0.05) is 6.04 Å². The maximum absolute atomic E-state index is 13.5. The van der Waals surface area contributed by atoms with Gasteiger partial charge in [0.25, 0.3) is 0 Å². The minimum absolute atomic E-state index is 0.0163. The monoisotopic (exact) mass is 501 g/mol. The zero-order valence-corrected chi connectivity index (χ0v) is 21.4. The lowest BCUT2D eigenvalue weighted by Crippen LogP contribution is -2.38. The molecule has 0 aliphatic rings. The van der Waals surface area contributed by atoms with Gasteiger partial charge in [-0.05, 0) is 30.5 Å². The van der Waals surface area contributed by atoms with E-state index in [9.17, 15) is 13.2 Å². The third-order valence-electron chi connectivity index (χ3n) is 6.04. The topological polar surface area (TPSA) is 72.3 Å². The van der Waals surface area contributed by atoms with Crippen molar-refractivity contribution >= 4 is 15.7 Å². The van der Waals surface area contributed by atoms with Crippen LogP contribution in [0.15, 0.2) is 102 Å². The molecule has 0 N–H and O–H groups in total. The number of hydrogen-bond donors (Lipinski definition) is 0. The Labute approximate surface area is 213 Å². The molecule has 36 heavy (non-hydrogen) atoms. The molecule has 1 aromatic heterocycles. The lowest BCUT2D eigenvalue weighted by Gasteiger charge is -2.27. The van der Waals surface area contributed by atoms with Gasteiger partial charge in [-0.3, -0.25) is 4.79 Å². The summed E-state index contributed by atoms with van der Waals surface area (Å²) in [6, 6.07) is 28.4. The van der Waals surface area contributed by atoms with Gasteiger partial charge in [0.2, 0.25) is 20.9 Å². The van der Waals surface area contributed by atoms with E-state index in [0.29, 0.717) is 17.8 Å². The van der Waals surface area contributed by atoms with E-state index in [0.717, 1.165) is 11.1 Å². The second-order valence-electron chi connectivity index (χ2n) is 9.13. The van der Waals surface area contributed by atoms with Crippen LogP contribution >= 0.6 is 0 Å². The third-order valence-corrected chi connectivity index (χ3v) is 7.63. The zero-order chi connectivity index (χ0) is 25.5. The Morgan fingerprint density at radius 3 is 1.92 bits per heavy atom. The van der Waals surface area contributed by atoms with Crippen molar-refractivity contribution in [1.29, 1.82) is 0 Å². The van der Waals surface area contributed by atoms with Crippen LogP contribution < -0.4 is 0 Å². The summed E-state index contributed by atoms with van der Waals surface area (Å²) >= 11 is 0. The Kier molecular flexibility index (Phi) is 8.00. The van der Waals surface area contributed by atoms with Crippen LogP contribution in [0.1, 0.15) is 36.2 Å². The van der Waals surface area contributed by atoms with Crippen molar-refractivity contribution in [2.45, 2.75) is 50.3 Å². The number of carbonyl (C=O) groups is 1. The first kappa shape index (κ1) is 25.4. The van der Waals surface area contributed by atoms with E-state index >= 15 is 0 Å². The van der Waals surface area contributed by atoms with Gasteiger partial charge in [-0.2, -0.15) is 0 Å². The minimum atomic E-state index is -3.72. The molecule has 0 aliphatic heterocycles. The number of aromatic nitrogens is 2.